The van der Waals surface area contributed by atoms with Crippen LogP contribution in [0, 0.1) is 10.1 Å². The van der Waals surface area contributed by atoms with Crippen molar-refractivity contribution in [3.8, 4) is 5.75 Å². The number of fused-ring (bicyclic) bond motifs is 1. The molecule has 0 N–H and O–H groups in total. The minimum Gasteiger partial charge on any atom is -0.496 e. The van der Waals surface area contributed by atoms with E-state index in [4.69, 9.17) is 9.47 Å². The van der Waals surface area contributed by atoms with Gasteiger partial charge in [0.1, 0.15) is 11.1 Å². The average Bonchev–Trinajstić information content (AvgIpc) is 2.69. The maximum atomic E-state index is 12.2. The van der Waals surface area contributed by atoms with Crippen LogP contribution < -0.4 is 10.2 Å². The van der Waals surface area contributed by atoms with Crippen molar-refractivity contribution >= 4 is 22.6 Å². The zero-order valence-corrected chi connectivity index (χ0v) is 14.7. The molecular formula is C19H16N2O6. The second-order valence-electron chi connectivity index (χ2n) is 5.75. The highest BCUT2D eigenvalue weighted by Crippen LogP contribution is 2.26. The van der Waals surface area contributed by atoms with Gasteiger partial charge in [-0.2, -0.15) is 0 Å². The summed E-state index contributed by atoms with van der Waals surface area (Å²) in [5, 5.41) is 11.3. The molecule has 2 aromatic carbocycles. The number of nitro groups is 1. The smallest absolute Gasteiger partial charge is 0.337 e. The molecule has 0 bridgehead atoms. The molecule has 0 saturated carbocycles. The van der Waals surface area contributed by atoms with Crippen molar-refractivity contribution in [1.29, 1.82) is 0 Å². The van der Waals surface area contributed by atoms with Crippen LogP contribution in [0.2, 0.25) is 0 Å². The number of nitrogens with zero attached hydrogens (tertiary/aromatic N) is 2. The summed E-state index contributed by atoms with van der Waals surface area (Å²) < 4.78 is 11.8. The number of methoxy groups -OCH3 is 2. The first-order valence-corrected chi connectivity index (χ1v) is 7.98. The zero-order valence-electron chi connectivity index (χ0n) is 14.7. The van der Waals surface area contributed by atoms with Crippen LogP contribution in [0.15, 0.2) is 53.5 Å². The third kappa shape index (κ3) is 3.37. The van der Waals surface area contributed by atoms with E-state index in [1.807, 2.05) is 0 Å². The second-order valence-corrected chi connectivity index (χ2v) is 5.75. The molecule has 8 nitrogen and oxygen atoms in total. The van der Waals surface area contributed by atoms with E-state index in [0.29, 0.717) is 23.4 Å². The Hall–Kier alpha value is -3.68. The van der Waals surface area contributed by atoms with Crippen molar-refractivity contribution in [2.45, 2.75) is 6.54 Å². The van der Waals surface area contributed by atoms with Gasteiger partial charge in [0, 0.05) is 23.9 Å². The number of benzene rings is 2. The molecule has 0 aliphatic heterocycles. The summed E-state index contributed by atoms with van der Waals surface area (Å²) in [6, 6.07) is 10.7. The Bertz CT molecular complexity index is 1100. The number of non-ortho nitro benzene ring substituents is 1. The third-order valence-electron chi connectivity index (χ3n) is 4.23. The number of carbonyl (C=O) groups excluding carboxylic acids is 1. The Kier molecular flexibility index (Phi) is 4.89. The van der Waals surface area contributed by atoms with Crippen LogP contribution in [-0.2, 0) is 11.3 Å². The Morgan fingerprint density at radius 1 is 1.19 bits per heavy atom. The number of pyridine rings is 1. The van der Waals surface area contributed by atoms with Crippen LogP contribution in [0.1, 0.15) is 15.9 Å². The van der Waals surface area contributed by atoms with E-state index in [1.54, 1.807) is 35.0 Å². The molecule has 0 atom stereocenters. The Balaban J connectivity index is 2.12. The molecule has 0 radical (unpaired) electrons. The molecule has 3 rings (SSSR count). The summed E-state index contributed by atoms with van der Waals surface area (Å²) in [4.78, 5) is 34.6. The highest BCUT2D eigenvalue weighted by atomic mass is 16.6. The van der Waals surface area contributed by atoms with E-state index in [1.165, 1.54) is 32.4 Å². The quantitative estimate of drug-likeness (QED) is 0.390. The van der Waals surface area contributed by atoms with E-state index in [2.05, 4.69) is 0 Å². The third-order valence-corrected chi connectivity index (χ3v) is 4.23. The number of aromatic nitrogens is 1. The van der Waals surface area contributed by atoms with Gasteiger partial charge in [0.2, 0.25) is 0 Å². The lowest BCUT2D eigenvalue weighted by Crippen LogP contribution is -2.11. The second kappa shape index (κ2) is 7.28. The van der Waals surface area contributed by atoms with Crippen molar-refractivity contribution in [1.82, 2.24) is 4.57 Å². The fraction of sp³-hybridized carbons (Fsp3) is 0.158. The van der Waals surface area contributed by atoms with Gasteiger partial charge in [-0.25, -0.2) is 4.79 Å². The number of hydrogen-bond acceptors (Lipinski definition) is 6. The molecule has 0 fully saturated rings. The minimum absolute atomic E-state index is 0.0511. The lowest BCUT2D eigenvalue weighted by molar-refractivity contribution is -0.383. The van der Waals surface area contributed by atoms with Crippen molar-refractivity contribution < 1.29 is 19.2 Å². The molecule has 0 amide bonds. The monoisotopic (exact) mass is 368 g/mol. The standard InChI is InChI=1S/C19H16N2O6/c1-26-17-10-12(19(23)27-2)6-7-13(17)11-20-9-8-16(22)18-14(20)4-3-5-15(18)21(24)25/h3-10H,11H2,1-2H3. The van der Waals surface area contributed by atoms with E-state index in [0.717, 1.165) is 5.56 Å². The summed E-state index contributed by atoms with van der Waals surface area (Å²) in [7, 11) is 2.77. The van der Waals surface area contributed by atoms with Gasteiger partial charge in [-0.05, 0) is 18.2 Å². The molecule has 0 aliphatic rings. The normalized spacial score (nSPS) is 10.6. The van der Waals surface area contributed by atoms with E-state index in [-0.39, 0.29) is 11.1 Å². The first-order chi connectivity index (χ1) is 13.0. The molecule has 1 heterocycles. The lowest BCUT2D eigenvalue weighted by Gasteiger charge is -2.14. The van der Waals surface area contributed by atoms with Crippen LogP contribution in [-0.4, -0.2) is 29.7 Å². The fourth-order valence-corrected chi connectivity index (χ4v) is 2.93. The summed E-state index contributed by atoms with van der Waals surface area (Å²) in [6.07, 6.45) is 1.57. The Morgan fingerprint density at radius 3 is 2.63 bits per heavy atom. The van der Waals surface area contributed by atoms with E-state index < -0.39 is 16.3 Å². The first-order valence-electron chi connectivity index (χ1n) is 7.98. The topological polar surface area (TPSA) is 101 Å². The zero-order chi connectivity index (χ0) is 19.6. The van der Waals surface area contributed by atoms with Crippen molar-refractivity contribution in [2.75, 3.05) is 14.2 Å². The summed E-state index contributed by atoms with van der Waals surface area (Å²) >= 11 is 0. The van der Waals surface area contributed by atoms with Crippen LogP contribution in [0.3, 0.4) is 0 Å². The maximum Gasteiger partial charge on any atom is 0.337 e. The van der Waals surface area contributed by atoms with Gasteiger partial charge in [-0.3, -0.25) is 14.9 Å². The number of carbonyl (C=O) groups is 1. The maximum absolute atomic E-state index is 12.2. The first kappa shape index (κ1) is 18.1. The van der Waals surface area contributed by atoms with Crippen molar-refractivity contribution in [3.05, 3.63) is 80.1 Å². The highest BCUT2D eigenvalue weighted by molar-refractivity contribution is 5.90. The van der Waals surface area contributed by atoms with Crippen LogP contribution in [0.5, 0.6) is 5.75 Å². The minimum atomic E-state index is -0.570. The largest absolute Gasteiger partial charge is 0.496 e. The molecule has 27 heavy (non-hydrogen) atoms. The summed E-state index contributed by atoms with van der Waals surface area (Å²) in [5.74, 6) is -0.0144. The van der Waals surface area contributed by atoms with Crippen molar-refractivity contribution in [2.24, 2.45) is 0 Å². The number of nitro benzene ring substituents is 1. The van der Waals surface area contributed by atoms with Crippen LogP contribution in [0.25, 0.3) is 10.9 Å². The van der Waals surface area contributed by atoms with Crippen LogP contribution >= 0.6 is 0 Å². The van der Waals surface area contributed by atoms with Gasteiger partial charge in [0.05, 0.1) is 36.8 Å². The summed E-state index contributed by atoms with van der Waals surface area (Å²) in [5.41, 5.74) is 0.873. The molecule has 8 heteroatoms. The van der Waals surface area contributed by atoms with Gasteiger partial charge in [0.15, 0.2) is 5.43 Å². The summed E-state index contributed by atoms with van der Waals surface area (Å²) in [6.45, 7) is 0.294. The van der Waals surface area contributed by atoms with Gasteiger partial charge in [0.25, 0.3) is 5.69 Å². The Morgan fingerprint density at radius 2 is 1.96 bits per heavy atom. The highest BCUT2D eigenvalue weighted by Gasteiger charge is 2.17. The predicted octanol–water partition coefficient (Wildman–Crippen LogP) is 2.75. The molecule has 1 aromatic heterocycles. The molecule has 0 spiro atoms. The van der Waals surface area contributed by atoms with Gasteiger partial charge < -0.3 is 14.0 Å². The number of ether oxygens (including phenoxy) is 2. The average molecular weight is 368 g/mol. The van der Waals surface area contributed by atoms with Gasteiger partial charge >= 0.3 is 5.97 Å². The fourth-order valence-electron chi connectivity index (χ4n) is 2.93. The van der Waals surface area contributed by atoms with Crippen LogP contribution in [0.4, 0.5) is 5.69 Å². The number of hydrogen-bond donors (Lipinski definition) is 0. The number of esters is 1. The molecule has 0 saturated heterocycles. The van der Waals surface area contributed by atoms with Crippen molar-refractivity contribution in [3.63, 3.8) is 0 Å². The molecule has 3 aromatic rings. The molecule has 0 aliphatic carbocycles. The Labute approximate surface area is 153 Å². The van der Waals surface area contributed by atoms with Gasteiger partial charge in [-0.1, -0.05) is 12.1 Å². The molecule has 138 valence electrons. The predicted molar refractivity (Wildman–Crippen MR) is 98.3 cm³/mol. The molecular weight excluding hydrogens is 352 g/mol. The van der Waals surface area contributed by atoms with Gasteiger partial charge in [-0.15, -0.1) is 0 Å². The SMILES string of the molecule is COC(=O)c1ccc(Cn2ccc(=O)c3c([N+](=O)[O-])cccc32)c(OC)c1. The molecule has 0 unspecified atom stereocenters. The van der Waals surface area contributed by atoms with E-state index in [9.17, 15) is 19.7 Å². The lowest BCUT2D eigenvalue weighted by atomic mass is 10.1. The number of rotatable bonds is 5. The van der Waals surface area contributed by atoms with E-state index >= 15 is 0 Å².